The zero-order valence-electron chi connectivity index (χ0n) is 11.0. The fourth-order valence-electron chi connectivity index (χ4n) is 2.10. The summed E-state index contributed by atoms with van der Waals surface area (Å²) in [6.45, 7) is 3.46. The molecule has 110 valence electrons. The molecular formula is C13H13N3O5. The van der Waals surface area contributed by atoms with Crippen LogP contribution in [-0.4, -0.2) is 27.9 Å². The van der Waals surface area contributed by atoms with E-state index in [0.29, 0.717) is 11.3 Å². The number of anilines is 2. The lowest BCUT2D eigenvalue weighted by molar-refractivity contribution is -0.384. The molecule has 0 radical (unpaired) electrons. The normalized spacial score (nSPS) is 14.0. The van der Waals surface area contributed by atoms with Crippen molar-refractivity contribution in [2.75, 3.05) is 10.6 Å². The fraction of sp³-hybridized carbons (Fsp3) is 0.231. The molecular weight excluding hydrogens is 278 g/mol. The van der Waals surface area contributed by atoms with Crippen LogP contribution >= 0.6 is 0 Å². The van der Waals surface area contributed by atoms with E-state index in [2.05, 4.69) is 17.2 Å². The van der Waals surface area contributed by atoms with Crippen molar-refractivity contribution in [2.45, 2.75) is 18.9 Å². The Hall–Kier alpha value is -2.90. The van der Waals surface area contributed by atoms with E-state index in [9.17, 15) is 19.7 Å². The van der Waals surface area contributed by atoms with Crippen LogP contribution in [0.1, 0.15) is 12.0 Å². The minimum Gasteiger partial charge on any atom is -0.480 e. The van der Waals surface area contributed by atoms with Crippen molar-refractivity contribution in [3.8, 4) is 0 Å². The van der Waals surface area contributed by atoms with Crippen LogP contribution in [0, 0.1) is 10.1 Å². The van der Waals surface area contributed by atoms with E-state index in [4.69, 9.17) is 5.11 Å². The zero-order chi connectivity index (χ0) is 15.6. The number of nitrogens with zero attached hydrogens (tertiary/aromatic N) is 1. The lowest BCUT2D eigenvalue weighted by Gasteiger charge is -2.15. The number of carbonyl (C=O) groups excluding carboxylic acids is 1. The van der Waals surface area contributed by atoms with Crippen molar-refractivity contribution in [3.63, 3.8) is 0 Å². The molecule has 0 fully saturated rings. The van der Waals surface area contributed by atoms with E-state index in [0.717, 1.165) is 0 Å². The van der Waals surface area contributed by atoms with Gasteiger partial charge < -0.3 is 15.7 Å². The summed E-state index contributed by atoms with van der Waals surface area (Å²) in [5.74, 6) is -1.40. The van der Waals surface area contributed by atoms with Gasteiger partial charge >= 0.3 is 5.97 Å². The maximum absolute atomic E-state index is 11.3. The quantitative estimate of drug-likeness (QED) is 0.415. The number of benzene rings is 1. The monoisotopic (exact) mass is 291 g/mol. The van der Waals surface area contributed by atoms with Gasteiger partial charge in [-0.15, -0.1) is 6.58 Å². The molecule has 8 heteroatoms. The summed E-state index contributed by atoms with van der Waals surface area (Å²) in [5, 5.41) is 25.4. The Morgan fingerprint density at radius 2 is 2.33 bits per heavy atom. The number of carboxylic acids is 1. The molecule has 2 rings (SSSR count). The Morgan fingerprint density at radius 1 is 1.62 bits per heavy atom. The van der Waals surface area contributed by atoms with Crippen LogP contribution in [0.25, 0.3) is 0 Å². The third-order valence-electron chi connectivity index (χ3n) is 3.07. The number of nitro groups is 1. The largest absolute Gasteiger partial charge is 0.480 e. The second-order valence-corrected chi connectivity index (χ2v) is 4.57. The number of fused-ring (bicyclic) bond motifs is 1. The first kappa shape index (κ1) is 14.5. The molecule has 0 aliphatic carbocycles. The van der Waals surface area contributed by atoms with Gasteiger partial charge in [0.1, 0.15) is 11.7 Å². The van der Waals surface area contributed by atoms with Crippen LogP contribution in [0.4, 0.5) is 17.1 Å². The molecule has 1 aromatic carbocycles. The predicted molar refractivity (Wildman–Crippen MR) is 75.3 cm³/mol. The Balaban J connectivity index is 2.40. The van der Waals surface area contributed by atoms with E-state index in [1.165, 1.54) is 18.2 Å². The van der Waals surface area contributed by atoms with Gasteiger partial charge in [-0.05, 0) is 18.1 Å². The van der Waals surface area contributed by atoms with Crippen molar-refractivity contribution in [1.82, 2.24) is 0 Å². The molecule has 1 atom stereocenters. The number of nitro benzene ring substituents is 1. The highest BCUT2D eigenvalue weighted by atomic mass is 16.6. The molecule has 8 nitrogen and oxygen atoms in total. The van der Waals surface area contributed by atoms with Gasteiger partial charge in [0, 0.05) is 11.8 Å². The Kier molecular flexibility index (Phi) is 3.88. The Labute approximate surface area is 119 Å². The van der Waals surface area contributed by atoms with Gasteiger partial charge in [0.15, 0.2) is 0 Å². The van der Waals surface area contributed by atoms with E-state index in [-0.39, 0.29) is 30.1 Å². The molecule has 1 aromatic rings. The van der Waals surface area contributed by atoms with Gasteiger partial charge in [0.2, 0.25) is 5.91 Å². The lowest BCUT2D eigenvalue weighted by atomic mass is 10.1. The molecule has 1 aliphatic heterocycles. The number of carboxylic acid groups (broad SMARTS) is 1. The number of carbonyl (C=O) groups is 2. The Morgan fingerprint density at radius 3 is 2.90 bits per heavy atom. The molecule has 1 amide bonds. The second kappa shape index (κ2) is 5.61. The first-order valence-corrected chi connectivity index (χ1v) is 6.13. The zero-order valence-corrected chi connectivity index (χ0v) is 11.0. The van der Waals surface area contributed by atoms with Crippen molar-refractivity contribution in [1.29, 1.82) is 0 Å². The van der Waals surface area contributed by atoms with Gasteiger partial charge in [-0.1, -0.05) is 6.08 Å². The molecule has 1 heterocycles. The highest BCUT2D eigenvalue weighted by molar-refractivity contribution is 6.00. The van der Waals surface area contributed by atoms with Crippen LogP contribution in [0.5, 0.6) is 0 Å². The number of hydrogen-bond acceptors (Lipinski definition) is 5. The summed E-state index contributed by atoms with van der Waals surface area (Å²) < 4.78 is 0. The average Bonchev–Trinajstić information content (AvgIpc) is 2.76. The molecule has 0 saturated heterocycles. The molecule has 21 heavy (non-hydrogen) atoms. The summed E-state index contributed by atoms with van der Waals surface area (Å²) in [6.07, 6.45) is 1.59. The second-order valence-electron chi connectivity index (χ2n) is 4.57. The minimum atomic E-state index is -1.14. The highest BCUT2D eigenvalue weighted by Crippen LogP contribution is 2.35. The number of aliphatic carboxylic acids is 1. The van der Waals surface area contributed by atoms with E-state index >= 15 is 0 Å². The third kappa shape index (κ3) is 2.99. The SMILES string of the molecule is C=CCC(Nc1cc2c(cc1[N+](=O)[O-])CC(=O)N2)C(=O)O. The highest BCUT2D eigenvalue weighted by Gasteiger charge is 2.27. The molecule has 1 unspecified atom stereocenters. The Bertz CT molecular complexity index is 641. The molecule has 1 aliphatic rings. The summed E-state index contributed by atoms with van der Waals surface area (Å²) in [6, 6.07) is 1.64. The van der Waals surface area contributed by atoms with E-state index in [1.54, 1.807) is 0 Å². The van der Waals surface area contributed by atoms with Gasteiger partial charge in [-0.3, -0.25) is 14.9 Å². The fourth-order valence-corrected chi connectivity index (χ4v) is 2.10. The first-order chi connectivity index (χ1) is 9.92. The number of amides is 1. The molecule has 3 N–H and O–H groups in total. The van der Waals surface area contributed by atoms with Crippen LogP contribution < -0.4 is 10.6 Å². The van der Waals surface area contributed by atoms with Crippen LogP contribution in [0.3, 0.4) is 0 Å². The van der Waals surface area contributed by atoms with Crippen LogP contribution in [-0.2, 0) is 16.0 Å². The maximum atomic E-state index is 11.3. The standard InChI is InChI=1S/C13H13N3O5/c1-2-3-8(13(18)19)14-10-6-9-7(5-12(17)15-9)4-11(10)16(20)21/h2,4,6,8,14H,1,3,5H2,(H,15,17)(H,18,19). The first-order valence-electron chi connectivity index (χ1n) is 6.13. The van der Waals surface area contributed by atoms with E-state index < -0.39 is 16.9 Å². The topological polar surface area (TPSA) is 122 Å². The van der Waals surface area contributed by atoms with Gasteiger partial charge in [-0.2, -0.15) is 0 Å². The van der Waals surface area contributed by atoms with E-state index in [1.807, 2.05) is 0 Å². The summed E-state index contributed by atoms with van der Waals surface area (Å²) in [4.78, 5) is 32.9. The van der Waals surface area contributed by atoms with Crippen LogP contribution in [0.2, 0.25) is 0 Å². The van der Waals surface area contributed by atoms with Gasteiger partial charge in [0.05, 0.1) is 11.3 Å². The minimum absolute atomic E-state index is 0.0511. The summed E-state index contributed by atoms with van der Waals surface area (Å²) in [5.41, 5.74) is 0.763. The van der Waals surface area contributed by atoms with Gasteiger partial charge in [-0.25, -0.2) is 4.79 Å². The van der Waals surface area contributed by atoms with Gasteiger partial charge in [0.25, 0.3) is 5.69 Å². The summed E-state index contributed by atoms with van der Waals surface area (Å²) in [7, 11) is 0. The average molecular weight is 291 g/mol. The molecule has 0 bridgehead atoms. The van der Waals surface area contributed by atoms with Crippen molar-refractivity contribution < 1.29 is 19.6 Å². The van der Waals surface area contributed by atoms with Crippen molar-refractivity contribution in [3.05, 3.63) is 40.5 Å². The maximum Gasteiger partial charge on any atom is 0.326 e. The molecule has 0 saturated carbocycles. The molecule has 0 aromatic heterocycles. The third-order valence-corrected chi connectivity index (χ3v) is 3.07. The number of nitrogens with one attached hydrogen (secondary N) is 2. The number of hydrogen-bond donors (Lipinski definition) is 3. The molecule has 0 spiro atoms. The number of rotatable bonds is 6. The van der Waals surface area contributed by atoms with Crippen molar-refractivity contribution in [2.24, 2.45) is 0 Å². The van der Waals surface area contributed by atoms with Crippen LogP contribution in [0.15, 0.2) is 24.8 Å². The predicted octanol–water partition coefficient (Wildman–Crippen LogP) is 1.53. The van der Waals surface area contributed by atoms with Crippen molar-refractivity contribution >= 4 is 28.9 Å². The lowest BCUT2D eigenvalue weighted by Crippen LogP contribution is -2.28. The smallest absolute Gasteiger partial charge is 0.326 e. The summed E-state index contributed by atoms with van der Waals surface area (Å²) >= 11 is 0.